The van der Waals surface area contributed by atoms with Crippen molar-refractivity contribution in [3.05, 3.63) is 0 Å². The molecule has 1 rings (SSSR count). The van der Waals surface area contributed by atoms with Crippen molar-refractivity contribution in [1.29, 1.82) is 0 Å². The summed E-state index contributed by atoms with van der Waals surface area (Å²) in [5, 5.41) is 0.557. The van der Waals surface area contributed by atoms with Gasteiger partial charge < -0.3 is 4.74 Å². The number of ketones is 1. The number of Topliss-reactive ketones (excluding diaryl/α,β-unsaturated/α-hetero) is 1. The van der Waals surface area contributed by atoms with Crippen LogP contribution < -0.4 is 0 Å². The van der Waals surface area contributed by atoms with E-state index in [-0.39, 0.29) is 0 Å². The molecule has 0 aromatic carbocycles. The molecule has 1 fully saturated rings. The Labute approximate surface area is 90.8 Å². The highest BCUT2D eigenvalue weighted by atomic mass is 32.2. The van der Waals surface area contributed by atoms with Crippen LogP contribution in [0.3, 0.4) is 0 Å². The predicted molar refractivity (Wildman–Crippen MR) is 60.8 cm³/mol. The first-order valence-electron chi connectivity index (χ1n) is 5.43. The zero-order valence-corrected chi connectivity index (χ0v) is 9.94. The third-order valence-electron chi connectivity index (χ3n) is 2.35. The maximum Gasteiger partial charge on any atom is 0.142 e. The van der Waals surface area contributed by atoms with Gasteiger partial charge in [-0.05, 0) is 24.5 Å². The first-order chi connectivity index (χ1) is 6.68. The largest absolute Gasteiger partial charge is 0.378 e. The summed E-state index contributed by atoms with van der Waals surface area (Å²) >= 11 is 1.73. The van der Waals surface area contributed by atoms with Crippen LogP contribution in [0.15, 0.2) is 0 Å². The van der Waals surface area contributed by atoms with Gasteiger partial charge in [-0.25, -0.2) is 0 Å². The van der Waals surface area contributed by atoms with Gasteiger partial charge in [0, 0.05) is 13.0 Å². The number of hydrogen-bond acceptors (Lipinski definition) is 3. The smallest absolute Gasteiger partial charge is 0.142 e. The van der Waals surface area contributed by atoms with Gasteiger partial charge in [0.05, 0.1) is 11.9 Å². The molecule has 0 N–H and O–H groups in total. The molecule has 1 aliphatic rings. The van der Waals surface area contributed by atoms with Crippen LogP contribution in [0.4, 0.5) is 0 Å². The number of carbonyl (C=O) groups excluding carboxylic acids is 1. The van der Waals surface area contributed by atoms with Crippen LogP contribution in [0.5, 0.6) is 0 Å². The van der Waals surface area contributed by atoms with Crippen LogP contribution >= 0.6 is 11.8 Å². The average Bonchev–Trinajstić information content (AvgIpc) is 2.63. The van der Waals surface area contributed by atoms with Crippen LogP contribution in [0, 0.1) is 0 Å². The quantitative estimate of drug-likeness (QED) is 0.683. The zero-order valence-electron chi connectivity index (χ0n) is 9.12. The molecule has 3 heteroatoms. The topological polar surface area (TPSA) is 26.3 Å². The summed E-state index contributed by atoms with van der Waals surface area (Å²) in [6, 6.07) is 0. The van der Waals surface area contributed by atoms with Crippen molar-refractivity contribution < 1.29 is 9.53 Å². The van der Waals surface area contributed by atoms with Gasteiger partial charge in [-0.2, -0.15) is 11.8 Å². The third kappa shape index (κ3) is 5.01. The van der Waals surface area contributed by atoms with Crippen molar-refractivity contribution in [2.45, 2.75) is 50.9 Å². The van der Waals surface area contributed by atoms with Crippen molar-refractivity contribution in [1.82, 2.24) is 0 Å². The summed E-state index contributed by atoms with van der Waals surface area (Å²) in [7, 11) is 0. The lowest BCUT2D eigenvalue weighted by Crippen LogP contribution is -2.10. The molecule has 0 aliphatic carbocycles. The normalized spacial score (nSPS) is 21.8. The molecule has 82 valence electrons. The Morgan fingerprint density at radius 1 is 1.57 bits per heavy atom. The highest BCUT2D eigenvalue weighted by molar-refractivity contribution is 8.00. The molecule has 0 saturated carbocycles. The lowest BCUT2D eigenvalue weighted by molar-refractivity contribution is -0.117. The molecule has 0 bridgehead atoms. The summed E-state index contributed by atoms with van der Waals surface area (Å²) in [5.74, 6) is 1.05. The summed E-state index contributed by atoms with van der Waals surface area (Å²) in [6.07, 6.45) is 4.30. The van der Waals surface area contributed by atoms with Crippen LogP contribution in [-0.2, 0) is 9.53 Å². The summed E-state index contributed by atoms with van der Waals surface area (Å²) in [6.45, 7) is 5.13. The number of rotatable bonds is 6. The Balaban J connectivity index is 2.02. The number of thioether (sulfide) groups is 1. The fourth-order valence-corrected chi connectivity index (χ4v) is 2.19. The summed E-state index contributed by atoms with van der Waals surface area (Å²) in [4.78, 5) is 11.4. The molecule has 0 radical (unpaired) electrons. The van der Waals surface area contributed by atoms with Crippen LogP contribution in [0.25, 0.3) is 0 Å². The first kappa shape index (κ1) is 12.1. The van der Waals surface area contributed by atoms with E-state index in [0.29, 0.717) is 29.3 Å². The Kier molecular flexibility index (Phi) is 5.56. The Bertz CT molecular complexity index is 174. The average molecular weight is 216 g/mol. The minimum Gasteiger partial charge on any atom is -0.378 e. The molecule has 1 unspecified atom stereocenters. The van der Waals surface area contributed by atoms with Gasteiger partial charge in [-0.1, -0.05) is 13.8 Å². The molecule has 1 atom stereocenters. The van der Waals surface area contributed by atoms with E-state index in [1.54, 1.807) is 11.8 Å². The van der Waals surface area contributed by atoms with Crippen LogP contribution in [0.1, 0.15) is 39.5 Å². The van der Waals surface area contributed by atoms with Gasteiger partial charge in [-0.3, -0.25) is 4.79 Å². The molecule has 0 aromatic heterocycles. The molecule has 0 amide bonds. The molecule has 2 nitrogen and oxygen atoms in total. The third-order valence-corrected chi connectivity index (χ3v) is 3.50. The molecule has 0 aromatic rings. The lowest BCUT2D eigenvalue weighted by Gasteiger charge is -2.08. The standard InChI is InChI=1S/C11H20O2S/c1-9(2)14-8-10(12)5-6-11-4-3-7-13-11/h9,11H,3-8H2,1-2H3. The van der Waals surface area contributed by atoms with Gasteiger partial charge in [-0.15, -0.1) is 0 Å². The second-order valence-corrected chi connectivity index (χ2v) is 5.64. The Morgan fingerprint density at radius 3 is 2.93 bits per heavy atom. The van der Waals surface area contributed by atoms with E-state index < -0.39 is 0 Å². The van der Waals surface area contributed by atoms with E-state index in [2.05, 4.69) is 13.8 Å². The SMILES string of the molecule is CC(C)SCC(=O)CCC1CCCO1. The zero-order chi connectivity index (χ0) is 10.4. The predicted octanol–water partition coefficient (Wildman–Crippen LogP) is 2.66. The summed E-state index contributed by atoms with van der Waals surface area (Å²) in [5.41, 5.74) is 0. The van der Waals surface area contributed by atoms with E-state index in [0.717, 1.165) is 19.4 Å². The molecular formula is C11H20O2S. The van der Waals surface area contributed by atoms with Crippen LogP contribution in [0.2, 0.25) is 0 Å². The van der Waals surface area contributed by atoms with E-state index >= 15 is 0 Å². The summed E-state index contributed by atoms with van der Waals surface area (Å²) < 4.78 is 5.47. The highest BCUT2D eigenvalue weighted by Gasteiger charge is 2.16. The van der Waals surface area contributed by atoms with Gasteiger partial charge in [0.15, 0.2) is 0 Å². The van der Waals surface area contributed by atoms with Gasteiger partial charge in [0.1, 0.15) is 5.78 Å². The monoisotopic (exact) mass is 216 g/mol. The van der Waals surface area contributed by atoms with Crippen molar-refractivity contribution in [2.75, 3.05) is 12.4 Å². The van der Waals surface area contributed by atoms with Crippen molar-refractivity contribution in [3.63, 3.8) is 0 Å². The minimum atomic E-state index is 0.364. The van der Waals surface area contributed by atoms with E-state index in [1.807, 2.05) is 0 Å². The number of ether oxygens (including phenoxy) is 1. The number of hydrogen-bond donors (Lipinski definition) is 0. The molecule has 0 spiro atoms. The maximum atomic E-state index is 11.4. The molecule has 1 saturated heterocycles. The molecule has 1 aliphatic heterocycles. The second-order valence-electron chi connectivity index (χ2n) is 4.07. The van der Waals surface area contributed by atoms with Crippen molar-refractivity contribution in [3.8, 4) is 0 Å². The van der Waals surface area contributed by atoms with Crippen molar-refractivity contribution in [2.24, 2.45) is 0 Å². The van der Waals surface area contributed by atoms with Gasteiger partial charge in [0.25, 0.3) is 0 Å². The van der Waals surface area contributed by atoms with Gasteiger partial charge in [0.2, 0.25) is 0 Å². The Hall–Kier alpha value is -0.0200. The fraction of sp³-hybridized carbons (Fsp3) is 0.909. The lowest BCUT2D eigenvalue weighted by atomic mass is 10.1. The highest BCUT2D eigenvalue weighted by Crippen LogP contribution is 2.18. The molecular weight excluding hydrogens is 196 g/mol. The van der Waals surface area contributed by atoms with Crippen molar-refractivity contribution >= 4 is 17.5 Å². The minimum absolute atomic E-state index is 0.364. The Morgan fingerprint density at radius 2 is 2.36 bits per heavy atom. The maximum absolute atomic E-state index is 11.4. The molecule has 1 heterocycles. The first-order valence-corrected chi connectivity index (χ1v) is 6.48. The fourth-order valence-electron chi connectivity index (χ4n) is 1.53. The second kappa shape index (κ2) is 6.46. The van der Waals surface area contributed by atoms with E-state index in [9.17, 15) is 4.79 Å². The van der Waals surface area contributed by atoms with E-state index in [4.69, 9.17) is 4.74 Å². The molecule has 14 heavy (non-hydrogen) atoms. The number of carbonyl (C=O) groups is 1. The van der Waals surface area contributed by atoms with Crippen LogP contribution in [-0.4, -0.2) is 29.5 Å². The van der Waals surface area contributed by atoms with Gasteiger partial charge >= 0.3 is 0 Å². The van der Waals surface area contributed by atoms with E-state index in [1.165, 1.54) is 6.42 Å².